The molecule has 3 rings (SSSR count). The Morgan fingerprint density at radius 2 is 1.95 bits per heavy atom. The Morgan fingerprint density at radius 1 is 1.23 bits per heavy atom. The molecule has 0 saturated carbocycles. The average Bonchev–Trinajstić information content (AvgIpc) is 3.03. The van der Waals surface area contributed by atoms with Crippen molar-refractivity contribution in [3.05, 3.63) is 35.6 Å². The van der Waals surface area contributed by atoms with E-state index in [0.717, 1.165) is 42.4 Å². The number of piperazine rings is 1. The standard InChI is InChI=1S/C16H20N4OS/c1-19-8-10-20(11-9-19)15(21)3-2-14-12-22-16(18-14)13-4-6-17-7-5-13/h4-7,12H,2-3,8-11H2,1H3. The van der Waals surface area contributed by atoms with Gasteiger partial charge in [-0.3, -0.25) is 9.78 Å². The van der Waals surface area contributed by atoms with Crippen LogP contribution in [-0.4, -0.2) is 58.9 Å². The first-order valence-corrected chi connectivity index (χ1v) is 8.41. The zero-order valence-corrected chi connectivity index (χ0v) is 13.6. The zero-order valence-electron chi connectivity index (χ0n) is 12.7. The van der Waals surface area contributed by atoms with Gasteiger partial charge < -0.3 is 9.80 Å². The summed E-state index contributed by atoms with van der Waals surface area (Å²) in [4.78, 5) is 25.1. The number of rotatable bonds is 4. The third-order valence-corrected chi connectivity index (χ3v) is 4.87. The summed E-state index contributed by atoms with van der Waals surface area (Å²) in [6.07, 6.45) is 4.80. The lowest BCUT2D eigenvalue weighted by Gasteiger charge is -2.32. The number of likely N-dealkylation sites (N-methyl/N-ethyl adjacent to an activating group) is 1. The highest BCUT2D eigenvalue weighted by Crippen LogP contribution is 2.23. The van der Waals surface area contributed by atoms with E-state index in [4.69, 9.17) is 0 Å². The minimum Gasteiger partial charge on any atom is -0.340 e. The molecule has 1 aliphatic heterocycles. The van der Waals surface area contributed by atoms with Crippen LogP contribution in [0.1, 0.15) is 12.1 Å². The van der Waals surface area contributed by atoms with E-state index in [9.17, 15) is 4.79 Å². The minimum atomic E-state index is 0.242. The average molecular weight is 316 g/mol. The number of nitrogens with zero attached hydrogens (tertiary/aromatic N) is 4. The molecule has 0 atom stereocenters. The molecule has 0 aliphatic carbocycles. The molecule has 0 spiro atoms. The van der Waals surface area contributed by atoms with Gasteiger partial charge in [0.15, 0.2) is 0 Å². The van der Waals surface area contributed by atoms with Gasteiger partial charge in [0, 0.05) is 55.9 Å². The summed E-state index contributed by atoms with van der Waals surface area (Å²) in [6.45, 7) is 3.62. The van der Waals surface area contributed by atoms with Gasteiger partial charge in [0.05, 0.1) is 5.69 Å². The smallest absolute Gasteiger partial charge is 0.223 e. The first kappa shape index (κ1) is 15.1. The fourth-order valence-electron chi connectivity index (χ4n) is 2.50. The molecule has 2 aromatic heterocycles. The summed E-state index contributed by atoms with van der Waals surface area (Å²) >= 11 is 1.62. The van der Waals surface area contributed by atoms with Crippen molar-refractivity contribution in [2.24, 2.45) is 0 Å². The van der Waals surface area contributed by atoms with Crippen molar-refractivity contribution >= 4 is 17.2 Å². The molecule has 2 aromatic rings. The maximum atomic E-state index is 12.2. The molecule has 0 N–H and O–H groups in total. The maximum absolute atomic E-state index is 12.2. The second kappa shape index (κ2) is 6.98. The Labute approximate surface area is 134 Å². The largest absolute Gasteiger partial charge is 0.340 e. The van der Waals surface area contributed by atoms with Crippen LogP contribution in [0, 0.1) is 0 Å². The molecule has 116 valence electrons. The van der Waals surface area contributed by atoms with E-state index in [0.29, 0.717) is 12.8 Å². The highest BCUT2D eigenvalue weighted by molar-refractivity contribution is 7.13. The van der Waals surface area contributed by atoms with Crippen LogP contribution in [0.3, 0.4) is 0 Å². The molecule has 6 heteroatoms. The number of hydrogen-bond donors (Lipinski definition) is 0. The first-order chi connectivity index (χ1) is 10.7. The fourth-order valence-corrected chi connectivity index (χ4v) is 3.36. The Bertz CT molecular complexity index is 620. The van der Waals surface area contributed by atoms with Gasteiger partial charge in [-0.1, -0.05) is 0 Å². The van der Waals surface area contributed by atoms with Crippen LogP contribution in [0.15, 0.2) is 29.9 Å². The number of aryl methyl sites for hydroxylation is 1. The predicted octanol–water partition coefficient (Wildman–Crippen LogP) is 1.91. The van der Waals surface area contributed by atoms with Gasteiger partial charge >= 0.3 is 0 Å². The van der Waals surface area contributed by atoms with Crippen LogP contribution in [-0.2, 0) is 11.2 Å². The first-order valence-electron chi connectivity index (χ1n) is 7.53. The summed E-state index contributed by atoms with van der Waals surface area (Å²) < 4.78 is 0. The molecule has 22 heavy (non-hydrogen) atoms. The second-order valence-electron chi connectivity index (χ2n) is 5.56. The van der Waals surface area contributed by atoms with Crippen LogP contribution in [0.25, 0.3) is 10.6 Å². The van der Waals surface area contributed by atoms with Crippen LogP contribution in [0.2, 0.25) is 0 Å². The molecule has 1 saturated heterocycles. The number of amides is 1. The predicted molar refractivity (Wildman–Crippen MR) is 87.7 cm³/mol. The van der Waals surface area contributed by atoms with E-state index >= 15 is 0 Å². The number of hydrogen-bond acceptors (Lipinski definition) is 5. The van der Waals surface area contributed by atoms with Gasteiger partial charge in [-0.2, -0.15) is 0 Å². The number of carbonyl (C=O) groups is 1. The monoisotopic (exact) mass is 316 g/mol. The SMILES string of the molecule is CN1CCN(C(=O)CCc2csc(-c3ccncc3)n2)CC1. The molecule has 0 aromatic carbocycles. The van der Waals surface area contributed by atoms with Crippen molar-refractivity contribution in [2.75, 3.05) is 33.2 Å². The van der Waals surface area contributed by atoms with Crippen molar-refractivity contribution in [2.45, 2.75) is 12.8 Å². The normalized spacial score (nSPS) is 16.0. The lowest BCUT2D eigenvalue weighted by molar-refractivity contribution is -0.132. The molecule has 0 radical (unpaired) electrons. The molecule has 0 unspecified atom stereocenters. The van der Waals surface area contributed by atoms with Crippen molar-refractivity contribution in [1.82, 2.24) is 19.8 Å². The molecular weight excluding hydrogens is 296 g/mol. The Morgan fingerprint density at radius 3 is 2.68 bits per heavy atom. The molecule has 1 fully saturated rings. The van der Waals surface area contributed by atoms with Crippen LogP contribution < -0.4 is 0 Å². The highest BCUT2D eigenvalue weighted by Gasteiger charge is 2.19. The van der Waals surface area contributed by atoms with Gasteiger partial charge in [0.2, 0.25) is 5.91 Å². The summed E-state index contributed by atoms with van der Waals surface area (Å²) in [7, 11) is 2.09. The minimum absolute atomic E-state index is 0.242. The van der Waals surface area contributed by atoms with Crippen molar-refractivity contribution in [1.29, 1.82) is 0 Å². The summed E-state index contributed by atoms with van der Waals surface area (Å²) in [5.74, 6) is 0.242. The van der Waals surface area contributed by atoms with Gasteiger partial charge in [0.1, 0.15) is 5.01 Å². The van der Waals surface area contributed by atoms with E-state index in [2.05, 4.69) is 21.9 Å². The maximum Gasteiger partial charge on any atom is 0.223 e. The fraction of sp³-hybridized carbons (Fsp3) is 0.438. The van der Waals surface area contributed by atoms with Crippen molar-refractivity contribution in [3.8, 4) is 10.6 Å². The second-order valence-corrected chi connectivity index (χ2v) is 6.42. The van der Waals surface area contributed by atoms with Crippen molar-refractivity contribution < 1.29 is 4.79 Å². The van der Waals surface area contributed by atoms with E-state index in [1.807, 2.05) is 22.4 Å². The number of thiazole rings is 1. The Kier molecular flexibility index (Phi) is 4.80. The lowest BCUT2D eigenvalue weighted by atomic mass is 10.2. The van der Waals surface area contributed by atoms with Crippen molar-refractivity contribution in [3.63, 3.8) is 0 Å². The topological polar surface area (TPSA) is 49.3 Å². The van der Waals surface area contributed by atoms with Crippen LogP contribution >= 0.6 is 11.3 Å². The molecule has 5 nitrogen and oxygen atoms in total. The molecule has 0 bridgehead atoms. The number of aromatic nitrogens is 2. The lowest BCUT2D eigenvalue weighted by Crippen LogP contribution is -2.47. The third kappa shape index (κ3) is 3.69. The van der Waals surface area contributed by atoms with E-state index in [1.54, 1.807) is 23.7 Å². The quantitative estimate of drug-likeness (QED) is 0.864. The van der Waals surface area contributed by atoms with Crippen LogP contribution in [0.4, 0.5) is 0 Å². The Balaban J connectivity index is 1.54. The Hall–Kier alpha value is -1.79. The van der Waals surface area contributed by atoms with E-state index < -0.39 is 0 Å². The van der Waals surface area contributed by atoms with Gasteiger partial charge in [-0.25, -0.2) is 4.98 Å². The highest BCUT2D eigenvalue weighted by atomic mass is 32.1. The summed E-state index contributed by atoms with van der Waals surface area (Å²) in [5, 5.41) is 3.04. The molecular formula is C16H20N4OS. The van der Waals surface area contributed by atoms with E-state index in [1.165, 1.54) is 0 Å². The van der Waals surface area contributed by atoms with Gasteiger partial charge in [0.25, 0.3) is 0 Å². The summed E-state index contributed by atoms with van der Waals surface area (Å²) in [5.41, 5.74) is 2.08. The third-order valence-electron chi connectivity index (χ3n) is 3.93. The summed E-state index contributed by atoms with van der Waals surface area (Å²) in [6, 6.07) is 3.91. The van der Waals surface area contributed by atoms with E-state index in [-0.39, 0.29) is 5.91 Å². The van der Waals surface area contributed by atoms with Crippen LogP contribution in [0.5, 0.6) is 0 Å². The number of pyridine rings is 1. The number of carbonyl (C=O) groups excluding carboxylic acids is 1. The molecule has 1 aliphatic rings. The van der Waals surface area contributed by atoms with Gasteiger partial charge in [-0.15, -0.1) is 11.3 Å². The zero-order chi connectivity index (χ0) is 15.4. The van der Waals surface area contributed by atoms with Gasteiger partial charge in [-0.05, 0) is 25.6 Å². The molecule has 1 amide bonds. The molecule has 3 heterocycles.